The molecule has 5 nitrogen and oxygen atoms in total. The molecule has 0 saturated heterocycles. The molecule has 3 rings (SSSR count). The molecule has 0 amide bonds. The summed E-state index contributed by atoms with van der Waals surface area (Å²) in [7, 11) is 0. The Hall–Kier alpha value is -2.63. The van der Waals surface area contributed by atoms with Gasteiger partial charge in [-0.2, -0.15) is 0 Å². The summed E-state index contributed by atoms with van der Waals surface area (Å²) in [5, 5.41) is 29.2. The lowest BCUT2D eigenvalue weighted by Crippen LogP contribution is -2.30. The van der Waals surface area contributed by atoms with Crippen molar-refractivity contribution in [3.63, 3.8) is 0 Å². The number of phenols is 1. The minimum absolute atomic E-state index is 0.0448. The maximum Gasteiger partial charge on any atom is 0.193 e. The lowest BCUT2D eigenvalue weighted by atomic mass is 9.84. The van der Waals surface area contributed by atoms with Crippen LogP contribution in [0.1, 0.15) is 12.5 Å². The summed E-state index contributed by atoms with van der Waals surface area (Å²) in [5.74, 6) is -0.0448. The van der Waals surface area contributed by atoms with Crippen LogP contribution in [0.5, 0.6) is 5.75 Å². The first-order chi connectivity index (χ1) is 11.5. The van der Waals surface area contributed by atoms with Gasteiger partial charge in [-0.3, -0.25) is 4.79 Å². The number of benzene rings is 2. The van der Waals surface area contributed by atoms with Gasteiger partial charge >= 0.3 is 0 Å². The fourth-order valence-electron chi connectivity index (χ4n) is 2.77. The van der Waals surface area contributed by atoms with E-state index in [4.69, 9.17) is 0 Å². The third-order valence-electron chi connectivity index (χ3n) is 4.44. The van der Waals surface area contributed by atoms with Gasteiger partial charge in [0.15, 0.2) is 5.43 Å². The van der Waals surface area contributed by atoms with E-state index >= 15 is 0 Å². The van der Waals surface area contributed by atoms with Crippen LogP contribution in [0.2, 0.25) is 0 Å². The number of fused-ring (bicyclic) bond motifs is 1. The van der Waals surface area contributed by atoms with E-state index < -0.39 is 5.41 Å². The average Bonchev–Trinajstić information content (AvgIpc) is 2.61. The quantitative estimate of drug-likeness (QED) is 0.684. The molecule has 5 heteroatoms. The number of nitrogens with zero attached hydrogens (tertiary/aromatic N) is 1. The maximum absolute atomic E-state index is 12.0. The lowest BCUT2D eigenvalue weighted by Gasteiger charge is -2.25. The van der Waals surface area contributed by atoms with Crippen molar-refractivity contribution in [1.82, 2.24) is 4.57 Å². The highest BCUT2D eigenvalue weighted by Crippen LogP contribution is 2.26. The second-order valence-corrected chi connectivity index (χ2v) is 6.15. The molecule has 0 bridgehead atoms. The van der Waals surface area contributed by atoms with E-state index in [2.05, 4.69) is 0 Å². The summed E-state index contributed by atoms with van der Waals surface area (Å²) >= 11 is 0. The molecule has 0 aliphatic rings. The van der Waals surface area contributed by atoms with Crippen LogP contribution < -0.4 is 5.43 Å². The Morgan fingerprint density at radius 2 is 1.67 bits per heavy atom. The molecule has 0 spiro atoms. The van der Waals surface area contributed by atoms with Gasteiger partial charge in [-0.05, 0) is 29.8 Å². The molecule has 0 aliphatic heterocycles. The Morgan fingerprint density at radius 3 is 2.29 bits per heavy atom. The molecule has 0 atom stereocenters. The highest BCUT2D eigenvalue weighted by atomic mass is 16.3. The van der Waals surface area contributed by atoms with Crippen LogP contribution in [0.3, 0.4) is 0 Å². The summed E-state index contributed by atoms with van der Waals surface area (Å²) < 4.78 is 1.81. The van der Waals surface area contributed by atoms with Crippen LogP contribution in [0.15, 0.2) is 59.5 Å². The van der Waals surface area contributed by atoms with E-state index in [9.17, 15) is 20.1 Å². The SMILES string of the molecule is CC(CO)(CO)c1ccc(-n2ccc(=O)c3c(O)cccc32)cc1. The highest BCUT2D eigenvalue weighted by molar-refractivity contribution is 5.86. The van der Waals surface area contributed by atoms with Crippen molar-refractivity contribution in [3.05, 3.63) is 70.5 Å². The monoisotopic (exact) mass is 325 g/mol. The van der Waals surface area contributed by atoms with E-state index in [1.165, 1.54) is 12.1 Å². The highest BCUT2D eigenvalue weighted by Gasteiger charge is 2.24. The normalized spacial score (nSPS) is 11.8. The van der Waals surface area contributed by atoms with E-state index in [1.54, 1.807) is 25.3 Å². The summed E-state index contributed by atoms with van der Waals surface area (Å²) in [6.45, 7) is 1.48. The fourth-order valence-corrected chi connectivity index (χ4v) is 2.77. The van der Waals surface area contributed by atoms with E-state index in [0.29, 0.717) is 5.52 Å². The van der Waals surface area contributed by atoms with Crippen LogP contribution >= 0.6 is 0 Å². The molecule has 1 aromatic heterocycles. The second kappa shape index (κ2) is 6.11. The Bertz CT molecular complexity index is 924. The van der Waals surface area contributed by atoms with Gasteiger partial charge < -0.3 is 19.9 Å². The van der Waals surface area contributed by atoms with Crippen molar-refractivity contribution in [2.75, 3.05) is 13.2 Å². The topological polar surface area (TPSA) is 82.7 Å². The molecule has 0 saturated carbocycles. The van der Waals surface area contributed by atoms with E-state index in [-0.39, 0.29) is 29.8 Å². The molecular weight excluding hydrogens is 306 g/mol. The Balaban J connectivity index is 2.14. The standard InChI is InChI=1S/C19H19NO4/c1-19(11-21,12-22)13-5-7-14(8-6-13)20-10-9-17(24)18-15(20)3-2-4-16(18)23/h2-10,21-23H,11-12H2,1H3. The van der Waals surface area contributed by atoms with Gasteiger partial charge in [0.1, 0.15) is 5.75 Å². The average molecular weight is 325 g/mol. The third kappa shape index (κ3) is 2.58. The predicted octanol–water partition coefficient (Wildman–Crippen LogP) is 1.94. The summed E-state index contributed by atoms with van der Waals surface area (Å²) in [6, 6.07) is 13.8. The number of phenolic OH excluding ortho intramolecular Hbond substituents is 1. The van der Waals surface area contributed by atoms with Gasteiger partial charge in [0.05, 0.1) is 24.1 Å². The van der Waals surface area contributed by atoms with Crippen LogP contribution in [-0.2, 0) is 5.41 Å². The fraction of sp³-hybridized carbons (Fsp3) is 0.211. The number of pyridine rings is 1. The van der Waals surface area contributed by atoms with Crippen molar-refractivity contribution < 1.29 is 15.3 Å². The minimum atomic E-state index is -0.706. The van der Waals surface area contributed by atoms with Gasteiger partial charge in [-0.1, -0.05) is 25.1 Å². The molecule has 1 heterocycles. The minimum Gasteiger partial charge on any atom is -0.507 e. The third-order valence-corrected chi connectivity index (χ3v) is 4.44. The van der Waals surface area contributed by atoms with Gasteiger partial charge in [0.2, 0.25) is 0 Å². The zero-order valence-corrected chi connectivity index (χ0v) is 13.3. The number of aromatic nitrogens is 1. The van der Waals surface area contributed by atoms with Gasteiger partial charge in [-0.15, -0.1) is 0 Å². The zero-order chi connectivity index (χ0) is 17.3. The number of rotatable bonds is 4. The van der Waals surface area contributed by atoms with Gasteiger partial charge in [-0.25, -0.2) is 0 Å². The molecule has 0 radical (unpaired) electrons. The summed E-state index contributed by atoms with van der Waals surface area (Å²) in [4.78, 5) is 12.0. The Kier molecular flexibility index (Phi) is 4.13. The first-order valence-electron chi connectivity index (χ1n) is 7.66. The summed E-state index contributed by atoms with van der Waals surface area (Å²) in [5.41, 5.74) is 1.31. The molecule has 24 heavy (non-hydrogen) atoms. The Labute approximate surface area is 139 Å². The number of hydrogen-bond acceptors (Lipinski definition) is 4. The zero-order valence-electron chi connectivity index (χ0n) is 13.3. The molecule has 0 fully saturated rings. The summed E-state index contributed by atoms with van der Waals surface area (Å²) in [6.07, 6.45) is 1.66. The number of hydrogen-bond donors (Lipinski definition) is 3. The van der Waals surface area contributed by atoms with E-state index in [1.807, 2.05) is 28.8 Å². The van der Waals surface area contributed by atoms with E-state index in [0.717, 1.165) is 11.3 Å². The molecule has 3 N–H and O–H groups in total. The van der Waals surface area contributed by atoms with Crippen molar-refractivity contribution in [3.8, 4) is 11.4 Å². The Morgan fingerprint density at radius 1 is 1.00 bits per heavy atom. The smallest absolute Gasteiger partial charge is 0.193 e. The van der Waals surface area contributed by atoms with Crippen LogP contribution in [0.25, 0.3) is 16.6 Å². The first kappa shape index (κ1) is 16.2. The van der Waals surface area contributed by atoms with Gasteiger partial charge in [0.25, 0.3) is 0 Å². The van der Waals surface area contributed by atoms with Crippen molar-refractivity contribution in [2.24, 2.45) is 0 Å². The molecule has 2 aromatic carbocycles. The van der Waals surface area contributed by atoms with Crippen molar-refractivity contribution in [2.45, 2.75) is 12.3 Å². The van der Waals surface area contributed by atoms with Gasteiger partial charge in [0, 0.05) is 23.4 Å². The molecule has 3 aromatic rings. The molecular formula is C19H19NO4. The maximum atomic E-state index is 12.0. The van der Waals surface area contributed by atoms with Crippen LogP contribution in [0.4, 0.5) is 0 Å². The van der Waals surface area contributed by atoms with Crippen molar-refractivity contribution >= 4 is 10.9 Å². The lowest BCUT2D eigenvalue weighted by molar-refractivity contribution is 0.129. The number of aliphatic hydroxyl groups excluding tert-OH is 2. The molecule has 0 aliphatic carbocycles. The number of aromatic hydroxyl groups is 1. The molecule has 124 valence electrons. The largest absolute Gasteiger partial charge is 0.507 e. The second-order valence-electron chi connectivity index (χ2n) is 6.15. The van der Waals surface area contributed by atoms with Crippen LogP contribution in [0, 0.1) is 0 Å². The first-order valence-corrected chi connectivity index (χ1v) is 7.66. The molecule has 0 unspecified atom stereocenters. The number of aliphatic hydroxyl groups is 2. The van der Waals surface area contributed by atoms with Crippen molar-refractivity contribution in [1.29, 1.82) is 0 Å². The van der Waals surface area contributed by atoms with Crippen LogP contribution in [-0.4, -0.2) is 33.1 Å². The predicted molar refractivity (Wildman–Crippen MR) is 92.7 cm³/mol.